The van der Waals surface area contributed by atoms with Crippen LogP contribution < -0.4 is 0 Å². The monoisotopic (exact) mass is 360 g/mol. The lowest BCUT2D eigenvalue weighted by Gasteiger charge is -2.06. The first-order valence-corrected chi connectivity index (χ1v) is 10.2. The van der Waals surface area contributed by atoms with Gasteiger partial charge >= 0.3 is 5.97 Å². The van der Waals surface area contributed by atoms with Crippen molar-refractivity contribution in [2.75, 3.05) is 39.6 Å². The van der Waals surface area contributed by atoms with Crippen molar-refractivity contribution in [2.45, 2.75) is 84.0 Å². The number of unbranched alkanes of at least 4 members (excludes halogenated alkanes) is 10. The summed E-state index contributed by atoms with van der Waals surface area (Å²) in [6, 6.07) is 0. The molecule has 0 amide bonds. The van der Waals surface area contributed by atoms with Crippen LogP contribution in [0.3, 0.4) is 0 Å². The lowest BCUT2D eigenvalue weighted by Crippen LogP contribution is -2.13. The Morgan fingerprint density at radius 1 is 0.680 bits per heavy atom. The van der Waals surface area contributed by atoms with Crippen molar-refractivity contribution in [3.63, 3.8) is 0 Å². The molecule has 0 saturated heterocycles. The lowest BCUT2D eigenvalue weighted by atomic mass is 10.1. The fourth-order valence-electron chi connectivity index (χ4n) is 2.61. The number of carbonyl (C=O) groups is 1. The Kier molecular flexibility index (Phi) is 20.8. The minimum absolute atomic E-state index is 0.0245. The summed E-state index contributed by atoms with van der Waals surface area (Å²) < 4.78 is 15.4. The zero-order chi connectivity index (χ0) is 18.4. The van der Waals surface area contributed by atoms with Crippen molar-refractivity contribution < 1.29 is 24.1 Å². The Hall–Kier alpha value is -0.650. The average molecular weight is 361 g/mol. The standard InChI is InChI=1S/C20H40O5/c1-2-3-4-5-6-7-8-9-10-11-12-13-20(22)25-19-18-24-17-16-23-15-14-21/h21H,2-19H2,1H3. The van der Waals surface area contributed by atoms with E-state index in [9.17, 15) is 4.79 Å². The molecule has 0 bridgehead atoms. The SMILES string of the molecule is CCCCCCCCCCCCCC(=O)OCCOCCOCCO. The number of hydrogen-bond acceptors (Lipinski definition) is 5. The molecule has 150 valence electrons. The van der Waals surface area contributed by atoms with E-state index in [0.717, 1.165) is 12.8 Å². The molecule has 25 heavy (non-hydrogen) atoms. The van der Waals surface area contributed by atoms with E-state index in [-0.39, 0.29) is 12.6 Å². The van der Waals surface area contributed by atoms with Gasteiger partial charge in [0.05, 0.1) is 33.0 Å². The molecule has 0 aliphatic heterocycles. The molecule has 0 aromatic carbocycles. The predicted molar refractivity (Wildman–Crippen MR) is 101 cm³/mol. The third-order valence-electron chi connectivity index (χ3n) is 4.08. The van der Waals surface area contributed by atoms with Crippen LogP contribution >= 0.6 is 0 Å². The van der Waals surface area contributed by atoms with Crippen molar-refractivity contribution in [1.82, 2.24) is 0 Å². The van der Waals surface area contributed by atoms with Crippen LogP contribution in [-0.2, 0) is 19.0 Å². The van der Waals surface area contributed by atoms with Crippen molar-refractivity contribution >= 4 is 5.97 Å². The number of esters is 1. The molecular formula is C20H40O5. The van der Waals surface area contributed by atoms with E-state index >= 15 is 0 Å². The maximum atomic E-state index is 11.5. The second-order valence-corrected chi connectivity index (χ2v) is 6.45. The molecule has 0 heterocycles. The first-order valence-electron chi connectivity index (χ1n) is 10.2. The van der Waals surface area contributed by atoms with E-state index in [4.69, 9.17) is 19.3 Å². The third-order valence-corrected chi connectivity index (χ3v) is 4.08. The molecule has 0 spiro atoms. The maximum Gasteiger partial charge on any atom is 0.305 e. The number of aliphatic hydroxyl groups is 1. The number of ether oxygens (including phenoxy) is 3. The molecule has 0 rings (SSSR count). The Balaban J connectivity index is 3.13. The summed E-state index contributed by atoms with van der Waals surface area (Å²) in [5.41, 5.74) is 0. The Morgan fingerprint density at radius 3 is 1.72 bits per heavy atom. The molecule has 0 atom stereocenters. The Bertz CT molecular complexity index is 271. The molecule has 0 aliphatic carbocycles. The van der Waals surface area contributed by atoms with Crippen molar-refractivity contribution in [3.8, 4) is 0 Å². The van der Waals surface area contributed by atoms with Crippen LogP contribution in [-0.4, -0.2) is 50.7 Å². The fourth-order valence-corrected chi connectivity index (χ4v) is 2.61. The second kappa shape index (κ2) is 21.4. The summed E-state index contributed by atoms with van der Waals surface area (Å²) in [5.74, 6) is -0.129. The van der Waals surface area contributed by atoms with Gasteiger partial charge in [0, 0.05) is 6.42 Å². The van der Waals surface area contributed by atoms with Gasteiger partial charge in [0.15, 0.2) is 0 Å². The van der Waals surface area contributed by atoms with Crippen LogP contribution in [0.2, 0.25) is 0 Å². The molecule has 5 nitrogen and oxygen atoms in total. The quantitative estimate of drug-likeness (QED) is 0.260. The van der Waals surface area contributed by atoms with Gasteiger partial charge in [-0.3, -0.25) is 4.79 Å². The molecule has 5 heteroatoms. The molecule has 0 aliphatic rings. The summed E-state index contributed by atoms with van der Waals surface area (Å²) >= 11 is 0. The highest BCUT2D eigenvalue weighted by molar-refractivity contribution is 5.69. The van der Waals surface area contributed by atoms with Crippen LogP contribution in [0.5, 0.6) is 0 Å². The highest BCUT2D eigenvalue weighted by Crippen LogP contribution is 2.12. The minimum atomic E-state index is -0.129. The zero-order valence-electron chi connectivity index (χ0n) is 16.3. The largest absolute Gasteiger partial charge is 0.463 e. The van der Waals surface area contributed by atoms with Crippen LogP contribution in [0.25, 0.3) is 0 Å². The first-order chi connectivity index (χ1) is 12.3. The van der Waals surface area contributed by atoms with Crippen LogP contribution in [0.1, 0.15) is 84.0 Å². The number of carbonyl (C=O) groups excluding carboxylic acids is 1. The number of aliphatic hydroxyl groups excluding tert-OH is 1. The molecule has 0 fully saturated rings. The van der Waals surface area contributed by atoms with E-state index in [1.165, 1.54) is 57.8 Å². The highest BCUT2D eigenvalue weighted by Gasteiger charge is 2.02. The van der Waals surface area contributed by atoms with Gasteiger partial charge in [-0.25, -0.2) is 0 Å². The van der Waals surface area contributed by atoms with Gasteiger partial charge in [-0.2, -0.15) is 0 Å². The summed E-state index contributed by atoms with van der Waals surface area (Å²) in [6.45, 7) is 4.21. The van der Waals surface area contributed by atoms with Gasteiger partial charge in [0.1, 0.15) is 6.61 Å². The fraction of sp³-hybridized carbons (Fsp3) is 0.950. The normalized spacial score (nSPS) is 11.0. The van der Waals surface area contributed by atoms with Crippen molar-refractivity contribution in [1.29, 1.82) is 0 Å². The number of rotatable bonds is 20. The van der Waals surface area contributed by atoms with Crippen LogP contribution in [0.4, 0.5) is 0 Å². The summed E-state index contributed by atoms with van der Waals surface area (Å²) in [5, 5.41) is 8.52. The van der Waals surface area contributed by atoms with E-state index in [0.29, 0.717) is 39.5 Å². The van der Waals surface area contributed by atoms with Gasteiger partial charge in [0.2, 0.25) is 0 Å². The summed E-state index contributed by atoms with van der Waals surface area (Å²) in [6.07, 6.45) is 14.6. The molecule has 0 unspecified atom stereocenters. The van der Waals surface area contributed by atoms with Gasteiger partial charge in [-0.15, -0.1) is 0 Å². The van der Waals surface area contributed by atoms with Gasteiger partial charge in [0.25, 0.3) is 0 Å². The molecule has 1 N–H and O–H groups in total. The Morgan fingerprint density at radius 2 is 1.16 bits per heavy atom. The predicted octanol–water partition coefficient (Wildman–Crippen LogP) is 4.26. The molecule has 0 radical (unpaired) electrons. The highest BCUT2D eigenvalue weighted by atomic mass is 16.6. The molecular weight excluding hydrogens is 320 g/mol. The average Bonchev–Trinajstić information content (AvgIpc) is 2.62. The van der Waals surface area contributed by atoms with Gasteiger partial charge in [-0.1, -0.05) is 71.1 Å². The zero-order valence-corrected chi connectivity index (χ0v) is 16.3. The van der Waals surface area contributed by atoms with E-state index < -0.39 is 0 Å². The summed E-state index contributed by atoms with van der Waals surface area (Å²) in [4.78, 5) is 11.5. The first kappa shape index (κ1) is 24.4. The smallest absolute Gasteiger partial charge is 0.305 e. The minimum Gasteiger partial charge on any atom is -0.463 e. The van der Waals surface area contributed by atoms with Gasteiger partial charge < -0.3 is 19.3 Å². The maximum absolute atomic E-state index is 11.5. The number of hydrogen-bond donors (Lipinski definition) is 1. The van der Waals surface area contributed by atoms with Crippen LogP contribution in [0, 0.1) is 0 Å². The van der Waals surface area contributed by atoms with Gasteiger partial charge in [-0.05, 0) is 6.42 Å². The van der Waals surface area contributed by atoms with Crippen LogP contribution in [0.15, 0.2) is 0 Å². The second-order valence-electron chi connectivity index (χ2n) is 6.45. The third kappa shape index (κ3) is 21.3. The molecule has 0 aromatic heterocycles. The lowest BCUT2D eigenvalue weighted by molar-refractivity contribution is -0.145. The van der Waals surface area contributed by atoms with E-state index in [1.807, 2.05) is 0 Å². The Labute approximate surface area is 154 Å². The molecule has 0 saturated carbocycles. The summed E-state index contributed by atoms with van der Waals surface area (Å²) in [7, 11) is 0. The van der Waals surface area contributed by atoms with E-state index in [2.05, 4.69) is 6.92 Å². The van der Waals surface area contributed by atoms with Crippen molar-refractivity contribution in [3.05, 3.63) is 0 Å². The topological polar surface area (TPSA) is 65.0 Å². The molecule has 0 aromatic rings. The van der Waals surface area contributed by atoms with E-state index in [1.54, 1.807) is 0 Å². The van der Waals surface area contributed by atoms with Crippen molar-refractivity contribution in [2.24, 2.45) is 0 Å².